The second-order valence-electron chi connectivity index (χ2n) is 6.76. The Morgan fingerprint density at radius 2 is 1.89 bits per heavy atom. The van der Waals surface area contributed by atoms with Crippen LogP contribution in [0.15, 0.2) is 11.1 Å². The predicted molar refractivity (Wildman–Crippen MR) is 113 cm³/mol. The predicted octanol–water partition coefficient (Wildman–Crippen LogP) is 4.09. The average molecular weight is 418 g/mol. The molecule has 3 rings (SSSR count). The van der Waals surface area contributed by atoms with Crippen LogP contribution in [0, 0.1) is 34.6 Å². The summed E-state index contributed by atoms with van der Waals surface area (Å²) in [7, 11) is 1.91. The van der Waals surface area contributed by atoms with Gasteiger partial charge in [0.25, 0.3) is 0 Å². The number of hydrogen-bond acceptors (Lipinski definition) is 7. The number of ether oxygens (including phenoxy) is 1. The number of ketones is 1. The molecule has 8 heteroatoms. The summed E-state index contributed by atoms with van der Waals surface area (Å²) in [4.78, 5) is 35.6. The molecule has 0 unspecified atom stereocenters. The maximum absolute atomic E-state index is 12.4. The molecule has 0 aliphatic rings. The van der Waals surface area contributed by atoms with Gasteiger partial charge in [-0.25, -0.2) is 9.97 Å². The Morgan fingerprint density at radius 3 is 2.54 bits per heavy atom. The van der Waals surface area contributed by atoms with Gasteiger partial charge in [0.2, 0.25) is 5.78 Å². The quantitative estimate of drug-likeness (QED) is 0.260. The maximum Gasteiger partial charge on any atom is 0.316 e. The third-order valence-corrected chi connectivity index (χ3v) is 6.92. The van der Waals surface area contributed by atoms with Crippen LogP contribution in [0.3, 0.4) is 0 Å². The molecule has 0 radical (unpaired) electrons. The van der Waals surface area contributed by atoms with E-state index in [0.717, 1.165) is 32.2 Å². The summed E-state index contributed by atoms with van der Waals surface area (Å²) in [6.45, 7) is 9.50. The summed E-state index contributed by atoms with van der Waals surface area (Å²) in [6, 6.07) is 1.82. The lowest BCUT2D eigenvalue weighted by atomic mass is 10.1. The van der Waals surface area contributed by atoms with Gasteiger partial charge >= 0.3 is 5.97 Å². The molecule has 0 saturated heterocycles. The summed E-state index contributed by atoms with van der Waals surface area (Å²) >= 11 is 2.95. The lowest BCUT2D eigenvalue weighted by Gasteiger charge is -2.06. The Labute approximate surface area is 172 Å². The van der Waals surface area contributed by atoms with Gasteiger partial charge in [0, 0.05) is 34.3 Å². The van der Waals surface area contributed by atoms with E-state index >= 15 is 0 Å². The van der Waals surface area contributed by atoms with Crippen LogP contribution in [0.5, 0.6) is 0 Å². The number of fused-ring (bicyclic) bond motifs is 1. The van der Waals surface area contributed by atoms with E-state index < -0.39 is 5.97 Å². The molecule has 0 bridgehead atoms. The first kappa shape index (κ1) is 20.5. The Morgan fingerprint density at radius 1 is 1.18 bits per heavy atom. The summed E-state index contributed by atoms with van der Waals surface area (Å²) < 4.78 is 7.15. The number of esters is 1. The van der Waals surface area contributed by atoms with Gasteiger partial charge in [0.05, 0.1) is 5.75 Å². The molecule has 3 aromatic rings. The van der Waals surface area contributed by atoms with E-state index in [4.69, 9.17) is 4.74 Å². The van der Waals surface area contributed by atoms with Gasteiger partial charge in [-0.1, -0.05) is 11.8 Å². The van der Waals surface area contributed by atoms with E-state index in [1.165, 1.54) is 16.6 Å². The Kier molecular flexibility index (Phi) is 5.90. The van der Waals surface area contributed by atoms with Crippen LogP contribution in [-0.2, 0) is 16.6 Å². The first-order chi connectivity index (χ1) is 13.2. The molecule has 148 valence electrons. The molecule has 0 atom stereocenters. The highest BCUT2D eigenvalue weighted by Gasteiger charge is 2.18. The molecule has 0 aromatic carbocycles. The molecule has 0 fully saturated rings. The second-order valence-corrected chi connectivity index (χ2v) is 8.92. The van der Waals surface area contributed by atoms with E-state index in [0.29, 0.717) is 11.4 Å². The highest BCUT2D eigenvalue weighted by Crippen LogP contribution is 2.35. The third kappa shape index (κ3) is 3.98. The fourth-order valence-corrected chi connectivity index (χ4v) is 5.02. The van der Waals surface area contributed by atoms with Crippen LogP contribution in [0.4, 0.5) is 0 Å². The second kappa shape index (κ2) is 8.05. The average Bonchev–Trinajstić information content (AvgIpc) is 3.07. The van der Waals surface area contributed by atoms with Gasteiger partial charge in [0.15, 0.2) is 6.61 Å². The number of carbonyl (C=O) groups is 2. The van der Waals surface area contributed by atoms with Crippen molar-refractivity contribution in [1.82, 2.24) is 14.5 Å². The van der Waals surface area contributed by atoms with Crippen LogP contribution >= 0.6 is 23.1 Å². The van der Waals surface area contributed by atoms with Gasteiger partial charge in [0.1, 0.15) is 15.7 Å². The molecular weight excluding hydrogens is 394 g/mol. The Balaban J connectivity index is 1.64. The first-order valence-corrected chi connectivity index (χ1v) is 10.7. The van der Waals surface area contributed by atoms with Crippen LogP contribution in [0.25, 0.3) is 10.2 Å². The van der Waals surface area contributed by atoms with E-state index in [1.807, 2.05) is 45.4 Å². The molecule has 0 aliphatic carbocycles. The Bertz CT molecular complexity index is 1080. The van der Waals surface area contributed by atoms with Gasteiger partial charge in [-0.2, -0.15) is 0 Å². The standard InChI is InChI=1S/C20H23N3O3S2/c1-10-7-15(12(3)23(10)6)16(24)8-26-17(25)9-27-19-18-11(2)13(4)28-20(18)22-14(5)21-19/h7H,8-9H2,1-6H3. The lowest BCUT2D eigenvalue weighted by Crippen LogP contribution is -2.16. The summed E-state index contributed by atoms with van der Waals surface area (Å²) in [5.74, 6) is 0.150. The largest absolute Gasteiger partial charge is 0.457 e. The number of carbonyl (C=O) groups excluding carboxylic acids is 2. The van der Waals surface area contributed by atoms with E-state index in [2.05, 4.69) is 16.9 Å². The fourth-order valence-electron chi connectivity index (χ4n) is 2.95. The van der Waals surface area contributed by atoms with E-state index in [9.17, 15) is 9.59 Å². The van der Waals surface area contributed by atoms with Crippen molar-refractivity contribution in [2.24, 2.45) is 7.05 Å². The maximum atomic E-state index is 12.4. The summed E-state index contributed by atoms with van der Waals surface area (Å²) in [5, 5.41) is 1.78. The van der Waals surface area contributed by atoms with Crippen molar-refractivity contribution in [1.29, 1.82) is 0 Å². The molecule has 6 nitrogen and oxygen atoms in total. The van der Waals surface area contributed by atoms with E-state index in [1.54, 1.807) is 11.3 Å². The number of Topliss-reactive ketones (excluding diaryl/α,β-unsaturated/α-hetero) is 1. The minimum atomic E-state index is -0.433. The molecule has 3 heterocycles. The van der Waals surface area contributed by atoms with Gasteiger partial charge < -0.3 is 9.30 Å². The van der Waals surface area contributed by atoms with Crippen molar-refractivity contribution in [2.45, 2.75) is 39.6 Å². The van der Waals surface area contributed by atoms with Crippen molar-refractivity contribution < 1.29 is 14.3 Å². The first-order valence-electron chi connectivity index (χ1n) is 8.88. The number of hydrogen-bond donors (Lipinski definition) is 0. The zero-order valence-corrected chi connectivity index (χ0v) is 18.5. The summed E-state index contributed by atoms with van der Waals surface area (Å²) in [6.07, 6.45) is 0. The van der Waals surface area contributed by atoms with Crippen LogP contribution in [0.2, 0.25) is 0 Å². The number of aromatic nitrogens is 3. The van der Waals surface area contributed by atoms with Crippen molar-refractivity contribution in [3.05, 3.63) is 39.3 Å². The van der Waals surface area contributed by atoms with Gasteiger partial charge in [-0.3, -0.25) is 9.59 Å². The van der Waals surface area contributed by atoms with E-state index in [-0.39, 0.29) is 18.1 Å². The van der Waals surface area contributed by atoms with Crippen molar-refractivity contribution in [3.8, 4) is 0 Å². The molecule has 0 spiro atoms. The minimum absolute atomic E-state index is 0.0972. The number of rotatable bonds is 6. The molecule has 0 aliphatic heterocycles. The zero-order chi connectivity index (χ0) is 20.6. The van der Waals surface area contributed by atoms with Gasteiger partial charge in [-0.05, 0) is 46.2 Å². The smallest absolute Gasteiger partial charge is 0.316 e. The zero-order valence-electron chi connectivity index (χ0n) is 16.9. The minimum Gasteiger partial charge on any atom is -0.457 e. The summed E-state index contributed by atoms with van der Waals surface area (Å²) in [5.41, 5.74) is 3.60. The van der Waals surface area contributed by atoms with Crippen LogP contribution < -0.4 is 0 Å². The SMILES string of the molecule is Cc1nc(SCC(=O)OCC(=O)c2cc(C)n(C)c2C)c2c(C)c(C)sc2n1. The topological polar surface area (TPSA) is 74.1 Å². The molecule has 28 heavy (non-hydrogen) atoms. The number of aryl methyl sites for hydroxylation is 4. The molecule has 0 N–H and O–H groups in total. The molecule has 3 aromatic heterocycles. The normalized spacial score (nSPS) is 11.2. The third-order valence-electron chi connectivity index (χ3n) is 4.87. The highest BCUT2D eigenvalue weighted by molar-refractivity contribution is 8.00. The monoisotopic (exact) mass is 417 g/mol. The lowest BCUT2D eigenvalue weighted by molar-refractivity contribution is -0.139. The number of thioether (sulfide) groups is 1. The highest BCUT2D eigenvalue weighted by atomic mass is 32.2. The molecule has 0 amide bonds. The van der Waals surface area contributed by atoms with Gasteiger partial charge in [-0.15, -0.1) is 11.3 Å². The van der Waals surface area contributed by atoms with Crippen LogP contribution in [0.1, 0.15) is 38.0 Å². The fraction of sp³-hybridized carbons (Fsp3) is 0.400. The van der Waals surface area contributed by atoms with Crippen molar-refractivity contribution >= 4 is 45.1 Å². The molecular formula is C20H23N3O3S2. The molecule has 0 saturated carbocycles. The van der Waals surface area contributed by atoms with Crippen molar-refractivity contribution in [2.75, 3.05) is 12.4 Å². The Hall–Kier alpha value is -2.19. The van der Waals surface area contributed by atoms with Crippen molar-refractivity contribution in [3.63, 3.8) is 0 Å². The number of nitrogens with zero attached hydrogens (tertiary/aromatic N) is 3. The number of thiophene rings is 1. The van der Waals surface area contributed by atoms with Crippen LogP contribution in [-0.4, -0.2) is 38.6 Å².